The lowest BCUT2D eigenvalue weighted by molar-refractivity contribution is 0.0572. The van der Waals surface area contributed by atoms with E-state index in [2.05, 4.69) is 36.0 Å². The van der Waals surface area contributed by atoms with Crippen molar-refractivity contribution >= 4 is 0 Å². The van der Waals surface area contributed by atoms with Crippen molar-refractivity contribution in [2.75, 3.05) is 46.3 Å². The molecule has 2 fully saturated rings. The Bertz CT molecular complexity index is 284. The van der Waals surface area contributed by atoms with Crippen LogP contribution in [0.2, 0.25) is 0 Å². The lowest BCUT2D eigenvalue weighted by atomic mass is 9.84. The van der Waals surface area contributed by atoms with Crippen LogP contribution < -0.4 is 11.1 Å². The van der Waals surface area contributed by atoms with Crippen molar-refractivity contribution < 1.29 is 0 Å². The number of nitrogens with zero attached hydrogens (tertiary/aromatic N) is 2. The van der Waals surface area contributed by atoms with Gasteiger partial charge in [0.05, 0.1) is 0 Å². The summed E-state index contributed by atoms with van der Waals surface area (Å²) in [7, 11) is 2.22. The predicted molar refractivity (Wildman–Crippen MR) is 86.0 cm³/mol. The first-order valence-corrected chi connectivity index (χ1v) is 8.40. The minimum Gasteiger partial charge on any atom is -0.330 e. The zero-order chi connectivity index (χ0) is 14.6. The van der Waals surface area contributed by atoms with Gasteiger partial charge in [-0.25, -0.2) is 0 Å². The Hall–Kier alpha value is -0.160. The number of nitrogens with one attached hydrogen (secondary N) is 1. The summed E-state index contributed by atoms with van der Waals surface area (Å²) in [5.41, 5.74) is 6.18. The Balaban J connectivity index is 1.81. The molecule has 3 N–H and O–H groups in total. The topological polar surface area (TPSA) is 44.5 Å². The van der Waals surface area contributed by atoms with Crippen LogP contribution >= 0.6 is 0 Å². The molecular weight excluding hydrogens is 248 g/mol. The Morgan fingerprint density at radius 3 is 2.40 bits per heavy atom. The molecule has 0 spiro atoms. The van der Waals surface area contributed by atoms with Gasteiger partial charge in [-0.2, -0.15) is 0 Å². The minimum atomic E-state index is 0.248. The standard InChI is InChI=1S/C16H34N4/c1-16(2,20-10-8-19(3)9-11-20)13-18-15-7-5-4-6-14(15)12-17/h14-15,18H,4-13,17H2,1-3H3. The van der Waals surface area contributed by atoms with Crippen molar-refractivity contribution in [3.05, 3.63) is 0 Å². The molecule has 0 radical (unpaired) electrons. The summed E-state index contributed by atoms with van der Waals surface area (Å²) in [5, 5.41) is 3.84. The normalized spacial score (nSPS) is 30.6. The number of rotatable bonds is 5. The zero-order valence-corrected chi connectivity index (χ0v) is 13.7. The minimum absolute atomic E-state index is 0.248. The van der Waals surface area contributed by atoms with E-state index in [1.165, 1.54) is 51.9 Å². The average molecular weight is 282 g/mol. The third-order valence-corrected chi connectivity index (χ3v) is 5.37. The van der Waals surface area contributed by atoms with Crippen LogP contribution in [-0.2, 0) is 0 Å². The van der Waals surface area contributed by atoms with E-state index >= 15 is 0 Å². The Labute approximate surface area is 125 Å². The Morgan fingerprint density at radius 2 is 1.75 bits per heavy atom. The molecule has 0 bridgehead atoms. The van der Waals surface area contributed by atoms with Crippen LogP contribution in [0.1, 0.15) is 39.5 Å². The van der Waals surface area contributed by atoms with Crippen molar-refractivity contribution in [1.29, 1.82) is 0 Å². The Kier molecular flexibility index (Phi) is 5.84. The maximum Gasteiger partial charge on any atom is 0.0278 e. The van der Waals surface area contributed by atoms with Gasteiger partial charge in [-0.1, -0.05) is 12.8 Å². The first-order valence-electron chi connectivity index (χ1n) is 8.40. The van der Waals surface area contributed by atoms with Crippen LogP contribution in [0.3, 0.4) is 0 Å². The monoisotopic (exact) mass is 282 g/mol. The summed E-state index contributed by atoms with van der Waals surface area (Å²) in [5.74, 6) is 0.687. The highest BCUT2D eigenvalue weighted by molar-refractivity contribution is 4.90. The molecule has 118 valence electrons. The molecule has 2 rings (SSSR count). The third-order valence-electron chi connectivity index (χ3n) is 5.37. The van der Waals surface area contributed by atoms with Crippen molar-refractivity contribution in [1.82, 2.24) is 15.1 Å². The number of hydrogen-bond acceptors (Lipinski definition) is 4. The summed E-state index contributed by atoms with van der Waals surface area (Å²) in [6.45, 7) is 11.4. The summed E-state index contributed by atoms with van der Waals surface area (Å²) in [6.07, 6.45) is 5.34. The molecule has 4 nitrogen and oxygen atoms in total. The molecule has 1 heterocycles. The van der Waals surface area contributed by atoms with E-state index < -0.39 is 0 Å². The van der Waals surface area contributed by atoms with E-state index in [9.17, 15) is 0 Å². The van der Waals surface area contributed by atoms with Gasteiger partial charge in [0.15, 0.2) is 0 Å². The van der Waals surface area contributed by atoms with E-state index in [-0.39, 0.29) is 5.54 Å². The SMILES string of the molecule is CN1CCN(C(C)(C)CNC2CCCCC2CN)CC1. The number of hydrogen-bond donors (Lipinski definition) is 2. The summed E-state index contributed by atoms with van der Waals surface area (Å²) in [4.78, 5) is 5.06. The van der Waals surface area contributed by atoms with Gasteiger partial charge in [-0.15, -0.1) is 0 Å². The second kappa shape index (κ2) is 7.21. The first-order chi connectivity index (χ1) is 9.53. The molecule has 1 aliphatic heterocycles. The second-order valence-corrected chi connectivity index (χ2v) is 7.37. The van der Waals surface area contributed by atoms with Gasteiger partial charge in [0.1, 0.15) is 0 Å². The maximum absolute atomic E-state index is 5.94. The van der Waals surface area contributed by atoms with E-state index in [0.717, 1.165) is 13.1 Å². The molecule has 0 aromatic rings. The van der Waals surface area contributed by atoms with Crippen molar-refractivity contribution in [3.8, 4) is 0 Å². The van der Waals surface area contributed by atoms with Gasteiger partial charge in [-0.05, 0) is 46.2 Å². The number of piperazine rings is 1. The highest BCUT2D eigenvalue weighted by Gasteiger charge is 2.31. The fourth-order valence-corrected chi connectivity index (χ4v) is 3.66. The van der Waals surface area contributed by atoms with Crippen molar-refractivity contribution in [2.45, 2.75) is 51.1 Å². The summed E-state index contributed by atoms with van der Waals surface area (Å²) >= 11 is 0. The molecule has 0 aromatic heterocycles. The molecule has 1 saturated carbocycles. The number of likely N-dealkylation sites (N-methyl/N-ethyl adjacent to an activating group) is 1. The first kappa shape index (κ1) is 16.2. The molecule has 0 amide bonds. The highest BCUT2D eigenvalue weighted by Crippen LogP contribution is 2.24. The zero-order valence-electron chi connectivity index (χ0n) is 13.7. The molecule has 2 unspecified atom stereocenters. The van der Waals surface area contributed by atoms with E-state index in [1.54, 1.807) is 0 Å². The van der Waals surface area contributed by atoms with Gasteiger partial charge >= 0.3 is 0 Å². The second-order valence-electron chi connectivity index (χ2n) is 7.37. The highest BCUT2D eigenvalue weighted by atomic mass is 15.3. The maximum atomic E-state index is 5.94. The quantitative estimate of drug-likeness (QED) is 0.793. The lowest BCUT2D eigenvalue weighted by Crippen LogP contribution is -2.59. The average Bonchev–Trinajstić information content (AvgIpc) is 2.46. The Morgan fingerprint density at radius 1 is 1.10 bits per heavy atom. The molecule has 1 saturated heterocycles. The molecule has 2 aliphatic rings. The fraction of sp³-hybridized carbons (Fsp3) is 1.00. The molecule has 2 atom stereocenters. The van der Waals surface area contributed by atoms with Gasteiger partial charge < -0.3 is 16.0 Å². The van der Waals surface area contributed by atoms with Crippen LogP contribution in [0.15, 0.2) is 0 Å². The summed E-state index contributed by atoms with van der Waals surface area (Å²) < 4.78 is 0. The van der Waals surface area contributed by atoms with Crippen molar-refractivity contribution in [2.24, 2.45) is 11.7 Å². The van der Waals surface area contributed by atoms with Gasteiger partial charge in [0.25, 0.3) is 0 Å². The van der Waals surface area contributed by atoms with Gasteiger partial charge in [0, 0.05) is 44.3 Å². The van der Waals surface area contributed by atoms with E-state index in [1.807, 2.05) is 0 Å². The van der Waals surface area contributed by atoms with Crippen LogP contribution in [-0.4, -0.2) is 67.7 Å². The van der Waals surface area contributed by atoms with Crippen LogP contribution in [0, 0.1) is 5.92 Å². The largest absolute Gasteiger partial charge is 0.330 e. The molecule has 0 aromatic carbocycles. The molecule has 1 aliphatic carbocycles. The molecule has 4 heteroatoms. The van der Waals surface area contributed by atoms with Gasteiger partial charge in [-0.3, -0.25) is 4.90 Å². The smallest absolute Gasteiger partial charge is 0.0278 e. The summed E-state index contributed by atoms with van der Waals surface area (Å²) in [6, 6.07) is 0.639. The predicted octanol–water partition coefficient (Wildman–Crippen LogP) is 1.12. The van der Waals surface area contributed by atoms with E-state index in [4.69, 9.17) is 5.73 Å². The molecular formula is C16H34N4. The fourth-order valence-electron chi connectivity index (χ4n) is 3.66. The van der Waals surface area contributed by atoms with Gasteiger partial charge in [0.2, 0.25) is 0 Å². The molecule has 20 heavy (non-hydrogen) atoms. The van der Waals surface area contributed by atoms with Crippen LogP contribution in [0.4, 0.5) is 0 Å². The lowest BCUT2D eigenvalue weighted by Gasteiger charge is -2.44. The van der Waals surface area contributed by atoms with E-state index in [0.29, 0.717) is 12.0 Å². The van der Waals surface area contributed by atoms with Crippen molar-refractivity contribution in [3.63, 3.8) is 0 Å². The number of nitrogens with two attached hydrogens (primary N) is 1. The van der Waals surface area contributed by atoms with Crippen LogP contribution in [0.5, 0.6) is 0 Å². The van der Waals surface area contributed by atoms with Crippen LogP contribution in [0.25, 0.3) is 0 Å². The third kappa shape index (κ3) is 4.17.